The summed E-state index contributed by atoms with van der Waals surface area (Å²) in [6, 6.07) is 10.6. The molecule has 3 heteroatoms. The van der Waals surface area contributed by atoms with Gasteiger partial charge in [0, 0.05) is 35.6 Å². The lowest BCUT2D eigenvalue weighted by Crippen LogP contribution is -2.19. The molecule has 0 atom stereocenters. The van der Waals surface area contributed by atoms with Gasteiger partial charge >= 0.3 is 0 Å². The maximum Gasteiger partial charge on any atom is 0.152 e. The summed E-state index contributed by atoms with van der Waals surface area (Å²) in [5.41, 5.74) is 2.38. The van der Waals surface area contributed by atoms with E-state index in [0.29, 0.717) is 0 Å². The van der Waals surface area contributed by atoms with E-state index in [1.54, 1.807) is 0 Å². The Hall–Kier alpha value is -2.03. The number of anilines is 1. The van der Waals surface area contributed by atoms with Gasteiger partial charge in [-0.25, -0.2) is 4.98 Å². The van der Waals surface area contributed by atoms with E-state index in [4.69, 9.17) is 0 Å². The van der Waals surface area contributed by atoms with E-state index >= 15 is 0 Å². The van der Waals surface area contributed by atoms with Gasteiger partial charge < -0.3 is 9.88 Å². The van der Waals surface area contributed by atoms with Gasteiger partial charge in [-0.05, 0) is 25.0 Å². The van der Waals surface area contributed by atoms with Crippen LogP contribution in [0, 0.1) is 0 Å². The van der Waals surface area contributed by atoms with Gasteiger partial charge in [-0.1, -0.05) is 18.2 Å². The maximum atomic E-state index is 4.58. The zero-order valence-corrected chi connectivity index (χ0v) is 10.2. The Morgan fingerprint density at radius 3 is 2.72 bits per heavy atom. The van der Waals surface area contributed by atoms with Gasteiger partial charge in [0.15, 0.2) is 5.82 Å². The van der Waals surface area contributed by atoms with Gasteiger partial charge in [0.2, 0.25) is 0 Å². The first kappa shape index (κ1) is 9.95. The normalized spacial score (nSPS) is 15.9. The first-order valence-corrected chi connectivity index (χ1v) is 6.54. The molecule has 1 aromatic carbocycles. The topological polar surface area (TPSA) is 31.9 Å². The van der Waals surface area contributed by atoms with Gasteiger partial charge in [0.25, 0.3) is 0 Å². The number of aromatic amines is 1. The number of pyridine rings is 1. The van der Waals surface area contributed by atoms with Gasteiger partial charge in [-0.3, -0.25) is 0 Å². The number of nitrogens with zero attached hydrogens (tertiary/aromatic N) is 2. The van der Waals surface area contributed by atoms with Crippen molar-refractivity contribution >= 4 is 27.6 Å². The summed E-state index contributed by atoms with van der Waals surface area (Å²) >= 11 is 0. The molecule has 3 nitrogen and oxygen atoms in total. The molecule has 0 bridgehead atoms. The van der Waals surface area contributed by atoms with Crippen LogP contribution in [0.4, 0.5) is 5.82 Å². The minimum atomic E-state index is 1.11. The lowest BCUT2D eigenvalue weighted by Gasteiger charge is -2.16. The number of hydrogen-bond donors (Lipinski definition) is 1. The summed E-state index contributed by atoms with van der Waals surface area (Å²) in [6.45, 7) is 2.25. The molecule has 1 N–H and O–H groups in total. The summed E-state index contributed by atoms with van der Waals surface area (Å²) in [7, 11) is 0. The number of hydrogen-bond acceptors (Lipinski definition) is 2. The minimum Gasteiger partial charge on any atom is -0.355 e. The highest BCUT2D eigenvalue weighted by Crippen LogP contribution is 2.31. The summed E-state index contributed by atoms with van der Waals surface area (Å²) in [5, 5.41) is 2.57. The molecule has 1 aliphatic heterocycles. The fourth-order valence-corrected chi connectivity index (χ4v) is 2.93. The molecule has 0 radical (unpaired) electrons. The maximum absolute atomic E-state index is 4.58. The summed E-state index contributed by atoms with van der Waals surface area (Å²) in [4.78, 5) is 10.5. The molecular weight excluding hydrogens is 222 g/mol. The summed E-state index contributed by atoms with van der Waals surface area (Å²) < 4.78 is 0. The third kappa shape index (κ3) is 1.33. The van der Waals surface area contributed by atoms with Crippen molar-refractivity contribution in [2.45, 2.75) is 12.8 Å². The molecule has 1 fully saturated rings. The number of para-hydroxylation sites is 1. The number of nitrogens with one attached hydrogen (secondary N) is 1. The third-order valence-electron chi connectivity index (χ3n) is 3.81. The Labute approximate surface area is 105 Å². The van der Waals surface area contributed by atoms with E-state index in [2.05, 4.69) is 45.2 Å². The van der Waals surface area contributed by atoms with Crippen LogP contribution in [0.2, 0.25) is 0 Å². The van der Waals surface area contributed by atoms with Crippen LogP contribution in [-0.4, -0.2) is 23.1 Å². The van der Waals surface area contributed by atoms with Crippen molar-refractivity contribution in [1.29, 1.82) is 0 Å². The first-order valence-electron chi connectivity index (χ1n) is 6.54. The fraction of sp³-hybridized carbons (Fsp3) is 0.267. The molecular formula is C15H15N3. The highest BCUT2D eigenvalue weighted by Gasteiger charge is 2.17. The van der Waals surface area contributed by atoms with Crippen molar-refractivity contribution in [2.75, 3.05) is 18.0 Å². The van der Waals surface area contributed by atoms with E-state index in [1.165, 1.54) is 34.6 Å². The van der Waals surface area contributed by atoms with Crippen molar-refractivity contribution in [3.63, 3.8) is 0 Å². The van der Waals surface area contributed by atoms with Crippen LogP contribution in [0.25, 0.3) is 21.8 Å². The van der Waals surface area contributed by atoms with Crippen LogP contribution >= 0.6 is 0 Å². The number of benzene rings is 1. The average molecular weight is 237 g/mol. The second-order valence-electron chi connectivity index (χ2n) is 4.92. The monoisotopic (exact) mass is 237 g/mol. The molecule has 3 aromatic rings. The lowest BCUT2D eigenvalue weighted by molar-refractivity contribution is 0.944. The Morgan fingerprint density at radius 2 is 1.83 bits per heavy atom. The fourth-order valence-electron chi connectivity index (χ4n) is 2.93. The minimum absolute atomic E-state index is 1.11. The van der Waals surface area contributed by atoms with Crippen molar-refractivity contribution in [3.8, 4) is 0 Å². The predicted molar refractivity (Wildman–Crippen MR) is 75.0 cm³/mol. The summed E-state index contributed by atoms with van der Waals surface area (Å²) in [6.07, 6.45) is 4.48. The van der Waals surface area contributed by atoms with E-state index < -0.39 is 0 Å². The Balaban J connectivity index is 2.03. The highest BCUT2D eigenvalue weighted by atomic mass is 15.2. The number of rotatable bonds is 1. The molecule has 90 valence electrons. The third-order valence-corrected chi connectivity index (χ3v) is 3.81. The van der Waals surface area contributed by atoms with E-state index in [-0.39, 0.29) is 0 Å². The van der Waals surface area contributed by atoms with Gasteiger partial charge in [-0.2, -0.15) is 0 Å². The van der Waals surface area contributed by atoms with E-state index in [9.17, 15) is 0 Å². The van der Waals surface area contributed by atoms with Crippen LogP contribution in [0.1, 0.15) is 12.8 Å². The SMILES string of the molecule is c1ccc2c(c1)[nH]c1c(N3CCCC3)nccc12. The Morgan fingerprint density at radius 1 is 1.00 bits per heavy atom. The zero-order valence-electron chi connectivity index (χ0n) is 10.2. The van der Waals surface area contributed by atoms with Crippen LogP contribution in [-0.2, 0) is 0 Å². The van der Waals surface area contributed by atoms with Crippen molar-refractivity contribution in [2.24, 2.45) is 0 Å². The lowest BCUT2D eigenvalue weighted by atomic mass is 10.2. The molecule has 0 spiro atoms. The number of fused-ring (bicyclic) bond motifs is 3. The van der Waals surface area contributed by atoms with Crippen molar-refractivity contribution < 1.29 is 0 Å². The largest absolute Gasteiger partial charge is 0.355 e. The van der Waals surface area contributed by atoms with Gasteiger partial charge in [-0.15, -0.1) is 0 Å². The van der Waals surface area contributed by atoms with E-state index in [0.717, 1.165) is 18.9 Å². The molecule has 1 aliphatic rings. The second kappa shape index (κ2) is 3.73. The van der Waals surface area contributed by atoms with Crippen LogP contribution < -0.4 is 4.90 Å². The molecule has 4 rings (SSSR count). The zero-order chi connectivity index (χ0) is 11.9. The molecule has 2 aromatic heterocycles. The average Bonchev–Trinajstić information content (AvgIpc) is 3.05. The van der Waals surface area contributed by atoms with Crippen LogP contribution in [0.15, 0.2) is 36.5 Å². The molecule has 0 amide bonds. The molecule has 0 saturated carbocycles. The van der Waals surface area contributed by atoms with Gasteiger partial charge in [0.1, 0.15) is 0 Å². The first-order chi connectivity index (χ1) is 8.93. The summed E-state index contributed by atoms with van der Waals surface area (Å²) in [5.74, 6) is 1.11. The molecule has 18 heavy (non-hydrogen) atoms. The predicted octanol–water partition coefficient (Wildman–Crippen LogP) is 3.32. The number of aromatic nitrogens is 2. The van der Waals surface area contributed by atoms with Crippen LogP contribution in [0.3, 0.4) is 0 Å². The number of H-pyrrole nitrogens is 1. The quantitative estimate of drug-likeness (QED) is 0.704. The molecule has 0 unspecified atom stereocenters. The van der Waals surface area contributed by atoms with Gasteiger partial charge in [0.05, 0.1) is 5.52 Å². The molecule has 1 saturated heterocycles. The Bertz CT molecular complexity index is 708. The standard InChI is InChI=1S/C15H15N3/c1-2-6-13-11(5-1)12-7-8-16-15(14(12)17-13)18-9-3-4-10-18/h1-2,5-8,17H,3-4,9-10H2. The van der Waals surface area contributed by atoms with Crippen LogP contribution in [0.5, 0.6) is 0 Å². The molecule has 3 heterocycles. The van der Waals surface area contributed by atoms with Crippen molar-refractivity contribution in [1.82, 2.24) is 9.97 Å². The smallest absolute Gasteiger partial charge is 0.152 e. The van der Waals surface area contributed by atoms with E-state index in [1.807, 2.05) is 6.20 Å². The second-order valence-corrected chi connectivity index (χ2v) is 4.92. The molecule has 0 aliphatic carbocycles. The van der Waals surface area contributed by atoms with Crippen molar-refractivity contribution in [3.05, 3.63) is 36.5 Å². The highest BCUT2D eigenvalue weighted by molar-refractivity contribution is 6.10. The Kier molecular flexibility index (Phi) is 2.06.